The molecule has 3 unspecified atom stereocenters. The normalized spacial score (nSPS) is 27.1. The second kappa shape index (κ2) is 4.69. The molecule has 1 aromatic heterocycles. The quantitative estimate of drug-likeness (QED) is 0.688. The first-order valence-electron chi connectivity index (χ1n) is 7.51. The Labute approximate surface area is 122 Å². The minimum Gasteiger partial charge on any atom is -0.376 e. The van der Waals surface area contributed by atoms with Crippen molar-refractivity contribution in [3.05, 3.63) is 40.6 Å². The molecule has 2 fully saturated rings. The number of hydrogen-bond acceptors (Lipinski definition) is 4. The molecule has 1 heterocycles. The zero-order chi connectivity index (χ0) is 14.4. The number of pyridine rings is 1. The number of para-hydroxylation sites is 1. The van der Waals surface area contributed by atoms with E-state index in [2.05, 4.69) is 10.3 Å². The zero-order valence-corrected chi connectivity index (χ0v) is 11.7. The first kappa shape index (κ1) is 12.6. The van der Waals surface area contributed by atoms with Gasteiger partial charge in [0.05, 0.1) is 10.4 Å². The smallest absolute Gasteiger partial charge is 0.311 e. The monoisotopic (exact) mass is 283 g/mol. The number of anilines is 1. The lowest BCUT2D eigenvalue weighted by atomic mass is 9.95. The molecule has 0 saturated heterocycles. The van der Waals surface area contributed by atoms with E-state index in [0.717, 1.165) is 23.2 Å². The van der Waals surface area contributed by atoms with Gasteiger partial charge in [-0.1, -0.05) is 24.6 Å². The average molecular weight is 283 g/mol. The highest BCUT2D eigenvalue weighted by atomic mass is 16.6. The summed E-state index contributed by atoms with van der Waals surface area (Å²) in [5.74, 6) is 1.47. The van der Waals surface area contributed by atoms with E-state index in [1.54, 1.807) is 0 Å². The Morgan fingerprint density at radius 1 is 1.24 bits per heavy atom. The Morgan fingerprint density at radius 2 is 2.10 bits per heavy atom. The fraction of sp³-hybridized carbons (Fsp3) is 0.438. The summed E-state index contributed by atoms with van der Waals surface area (Å²) in [5.41, 5.74) is 1.52. The van der Waals surface area contributed by atoms with Crippen LogP contribution in [0, 0.1) is 22.0 Å². The Balaban J connectivity index is 1.78. The summed E-state index contributed by atoms with van der Waals surface area (Å²) < 4.78 is 0. The van der Waals surface area contributed by atoms with Gasteiger partial charge < -0.3 is 5.32 Å². The maximum atomic E-state index is 11.3. The van der Waals surface area contributed by atoms with E-state index in [-0.39, 0.29) is 10.6 Å². The van der Waals surface area contributed by atoms with Crippen LogP contribution < -0.4 is 5.32 Å². The molecule has 2 saturated carbocycles. The van der Waals surface area contributed by atoms with Crippen molar-refractivity contribution < 1.29 is 4.92 Å². The van der Waals surface area contributed by atoms with Crippen molar-refractivity contribution in [1.29, 1.82) is 0 Å². The third-order valence-electron chi connectivity index (χ3n) is 5.02. The second-order valence-corrected chi connectivity index (χ2v) is 6.22. The van der Waals surface area contributed by atoms with Gasteiger partial charge in [0.25, 0.3) is 0 Å². The summed E-state index contributed by atoms with van der Waals surface area (Å²) in [4.78, 5) is 15.2. The number of aromatic nitrogens is 1. The highest BCUT2D eigenvalue weighted by molar-refractivity contribution is 5.95. The van der Waals surface area contributed by atoms with Crippen LogP contribution in [0.5, 0.6) is 0 Å². The van der Waals surface area contributed by atoms with Crippen LogP contribution in [0.3, 0.4) is 0 Å². The standard InChI is InChI=1S/C16H17N3O2/c20-19(21)15-9-17-13-4-2-1-3-12(13)16(15)18-14-8-10-5-6-11(14)7-10/h1-4,9-11,14H,5-8H2,(H,17,18). The molecule has 108 valence electrons. The molecule has 0 amide bonds. The lowest BCUT2D eigenvalue weighted by Gasteiger charge is -2.24. The highest BCUT2D eigenvalue weighted by Crippen LogP contribution is 2.46. The number of nitrogens with one attached hydrogen (secondary N) is 1. The molecule has 1 aromatic carbocycles. The summed E-state index contributed by atoms with van der Waals surface area (Å²) in [6.07, 6.45) is 6.35. The lowest BCUT2D eigenvalue weighted by Crippen LogP contribution is -2.26. The van der Waals surface area contributed by atoms with Gasteiger partial charge in [-0.25, -0.2) is 4.98 Å². The number of fused-ring (bicyclic) bond motifs is 3. The van der Waals surface area contributed by atoms with Crippen molar-refractivity contribution in [3.8, 4) is 0 Å². The van der Waals surface area contributed by atoms with E-state index in [9.17, 15) is 10.1 Å². The number of rotatable bonds is 3. The van der Waals surface area contributed by atoms with Gasteiger partial charge >= 0.3 is 5.69 Å². The molecule has 0 spiro atoms. The van der Waals surface area contributed by atoms with Gasteiger partial charge in [0.15, 0.2) is 0 Å². The van der Waals surface area contributed by atoms with Crippen molar-refractivity contribution in [3.63, 3.8) is 0 Å². The molecule has 2 aliphatic rings. The molecule has 5 heteroatoms. The molecule has 1 N–H and O–H groups in total. The highest BCUT2D eigenvalue weighted by Gasteiger charge is 2.40. The van der Waals surface area contributed by atoms with E-state index in [1.165, 1.54) is 25.5 Å². The van der Waals surface area contributed by atoms with Gasteiger partial charge in [-0.05, 0) is 37.2 Å². The molecule has 3 atom stereocenters. The van der Waals surface area contributed by atoms with Crippen LogP contribution in [-0.4, -0.2) is 15.9 Å². The molecular weight excluding hydrogens is 266 g/mol. The molecule has 2 aromatic rings. The largest absolute Gasteiger partial charge is 0.376 e. The minimum absolute atomic E-state index is 0.0801. The van der Waals surface area contributed by atoms with E-state index < -0.39 is 0 Å². The number of hydrogen-bond donors (Lipinski definition) is 1. The summed E-state index contributed by atoms with van der Waals surface area (Å²) in [6.45, 7) is 0. The van der Waals surface area contributed by atoms with Gasteiger partial charge in [0.1, 0.15) is 11.9 Å². The first-order valence-corrected chi connectivity index (χ1v) is 7.51. The van der Waals surface area contributed by atoms with E-state index in [4.69, 9.17) is 0 Å². The van der Waals surface area contributed by atoms with Crippen LogP contribution in [-0.2, 0) is 0 Å². The van der Waals surface area contributed by atoms with Crippen molar-refractivity contribution in [1.82, 2.24) is 4.98 Å². The first-order chi connectivity index (χ1) is 10.2. The topological polar surface area (TPSA) is 68.1 Å². The SMILES string of the molecule is O=[N+]([O-])c1cnc2ccccc2c1NC1CC2CCC1C2. The Hall–Kier alpha value is -2.17. The van der Waals surface area contributed by atoms with Gasteiger partial charge in [-0.3, -0.25) is 10.1 Å². The zero-order valence-electron chi connectivity index (χ0n) is 11.7. The Kier molecular flexibility index (Phi) is 2.80. The number of benzene rings is 1. The van der Waals surface area contributed by atoms with E-state index >= 15 is 0 Å². The van der Waals surface area contributed by atoms with Crippen molar-refractivity contribution in [2.45, 2.75) is 31.7 Å². The Bertz CT molecular complexity index is 716. The molecular formula is C16H17N3O2. The maximum absolute atomic E-state index is 11.3. The van der Waals surface area contributed by atoms with Crippen LogP contribution in [0.2, 0.25) is 0 Å². The summed E-state index contributed by atoms with van der Waals surface area (Å²) in [5, 5.41) is 15.7. The molecule has 2 aliphatic carbocycles. The van der Waals surface area contributed by atoms with Crippen LogP contribution in [0.15, 0.2) is 30.5 Å². The molecule has 4 rings (SSSR count). The number of nitro groups is 1. The van der Waals surface area contributed by atoms with Crippen LogP contribution in [0.25, 0.3) is 10.9 Å². The predicted octanol–water partition coefficient (Wildman–Crippen LogP) is 3.74. The summed E-state index contributed by atoms with van der Waals surface area (Å²) in [6, 6.07) is 7.98. The predicted molar refractivity (Wildman–Crippen MR) is 81.3 cm³/mol. The van der Waals surface area contributed by atoms with Crippen molar-refractivity contribution >= 4 is 22.3 Å². The van der Waals surface area contributed by atoms with Crippen molar-refractivity contribution in [2.75, 3.05) is 5.32 Å². The fourth-order valence-electron chi connectivity index (χ4n) is 4.03. The fourth-order valence-corrected chi connectivity index (χ4v) is 4.03. The van der Waals surface area contributed by atoms with Crippen molar-refractivity contribution in [2.24, 2.45) is 11.8 Å². The van der Waals surface area contributed by atoms with Gasteiger partial charge in [0.2, 0.25) is 0 Å². The van der Waals surface area contributed by atoms with E-state index in [0.29, 0.717) is 17.6 Å². The van der Waals surface area contributed by atoms with Gasteiger partial charge in [-0.2, -0.15) is 0 Å². The molecule has 5 nitrogen and oxygen atoms in total. The molecule has 0 aliphatic heterocycles. The van der Waals surface area contributed by atoms with Gasteiger partial charge in [-0.15, -0.1) is 0 Å². The van der Waals surface area contributed by atoms with Crippen LogP contribution >= 0.6 is 0 Å². The molecule has 21 heavy (non-hydrogen) atoms. The number of nitrogens with zero attached hydrogens (tertiary/aromatic N) is 2. The van der Waals surface area contributed by atoms with Crippen LogP contribution in [0.1, 0.15) is 25.7 Å². The van der Waals surface area contributed by atoms with Crippen LogP contribution in [0.4, 0.5) is 11.4 Å². The van der Waals surface area contributed by atoms with Gasteiger partial charge in [0, 0.05) is 11.4 Å². The molecule has 0 radical (unpaired) electrons. The third-order valence-corrected chi connectivity index (χ3v) is 5.02. The third kappa shape index (κ3) is 2.04. The second-order valence-electron chi connectivity index (χ2n) is 6.22. The Morgan fingerprint density at radius 3 is 2.81 bits per heavy atom. The summed E-state index contributed by atoms with van der Waals surface area (Å²) in [7, 11) is 0. The maximum Gasteiger partial charge on any atom is 0.311 e. The lowest BCUT2D eigenvalue weighted by molar-refractivity contribution is -0.384. The van der Waals surface area contributed by atoms with E-state index in [1.807, 2.05) is 24.3 Å². The average Bonchev–Trinajstić information content (AvgIpc) is 3.10. The minimum atomic E-state index is -0.338. The molecule has 2 bridgehead atoms. The summed E-state index contributed by atoms with van der Waals surface area (Å²) >= 11 is 0.